The van der Waals surface area contributed by atoms with Gasteiger partial charge in [-0.15, -0.1) is 0 Å². The summed E-state index contributed by atoms with van der Waals surface area (Å²) in [5, 5.41) is 0. The molecule has 2 saturated heterocycles. The molecule has 6 nitrogen and oxygen atoms in total. The molecular formula is C18H24N2O4. The van der Waals surface area contributed by atoms with Crippen LogP contribution in [0.25, 0.3) is 0 Å². The molecule has 130 valence electrons. The van der Waals surface area contributed by atoms with Gasteiger partial charge in [0.05, 0.1) is 12.2 Å². The van der Waals surface area contributed by atoms with Crippen LogP contribution < -0.4 is 9.64 Å². The van der Waals surface area contributed by atoms with Gasteiger partial charge in [0, 0.05) is 31.7 Å². The Balaban J connectivity index is 1.53. The van der Waals surface area contributed by atoms with Gasteiger partial charge < -0.3 is 19.3 Å². The van der Waals surface area contributed by atoms with Crippen LogP contribution in [0.15, 0.2) is 24.3 Å². The van der Waals surface area contributed by atoms with Crippen LogP contribution >= 0.6 is 0 Å². The summed E-state index contributed by atoms with van der Waals surface area (Å²) in [4.78, 5) is 27.6. The Morgan fingerprint density at radius 2 is 1.88 bits per heavy atom. The van der Waals surface area contributed by atoms with E-state index in [2.05, 4.69) is 0 Å². The van der Waals surface area contributed by atoms with Crippen molar-refractivity contribution < 1.29 is 19.1 Å². The lowest BCUT2D eigenvalue weighted by Gasteiger charge is -2.35. The molecule has 0 N–H and O–H groups in total. The highest BCUT2D eigenvalue weighted by Crippen LogP contribution is 2.24. The molecule has 0 aliphatic carbocycles. The van der Waals surface area contributed by atoms with Crippen molar-refractivity contribution in [3.63, 3.8) is 0 Å². The summed E-state index contributed by atoms with van der Waals surface area (Å²) in [6.45, 7) is 5.92. The number of anilines is 1. The minimum Gasteiger partial charge on any atom is -0.484 e. The molecule has 2 unspecified atom stereocenters. The Labute approximate surface area is 142 Å². The number of rotatable bonds is 4. The smallest absolute Gasteiger partial charge is 0.260 e. The maximum atomic E-state index is 12.3. The van der Waals surface area contributed by atoms with Gasteiger partial charge in [-0.05, 0) is 44.5 Å². The van der Waals surface area contributed by atoms with E-state index < -0.39 is 0 Å². The Hall–Kier alpha value is -2.08. The molecule has 0 saturated carbocycles. The summed E-state index contributed by atoms with van der Waals surface area (Å²) in [6, 6.07) is 7.33. The van der Waals surface area contributed by atoms with Gasteiger partial charge in [-0.25, -0.2) is 0 Å². The topological polar surface area (TPSA) is 59.1 Å². The van der Waals surface area contributed by atoms with Gasteiger partial charge >= 0.3 is 0 Å². The van der Waals surface area contributed by atoms with Crippen molar-refractivity contribution in [1.29, 1.82) is 0 Å². The normalized spacial score (nSPS) is 24.3. The third kappa shape index (κ3) is 3.87. The lowest BCUT2D eigenvalue weighted by atomic mass is 10.2. The van der Waals surface area contributed by atoms with E-state index in [-0.39, 0.29) is 30.6 Å². The molecule has 1 aromatic rings. The zero-order valence-electron chi connectivity index (χ0n) is 14.2. The lowest BCUT2D eigenvalue weighted by molar-refractivity contribution is -0.145. The number of hydrogen-bond acceptors (Lipinski definition) is 4. The van der Waals surface area contributed by atoms with Crippen molar-refractivity contribution in [1.82, 2.24) is 4.90 Å². The molecular weight excluding hydrogens is 308 g/mol. The SMILES string of the molecule is CC1CN(C(=O)COc2ccc(N3CCCC3=O)cc2)CC(C)O1. The van der Waals surface area contributed by atoms with Crippen molar-refractivity contribution >= 4 is 17.5 Å². The highest BCUT2D eigenvalue weighted by molar-refractivity contribution is 5.95. The predicted octanol–water partition coefficient (Wildman–Crippen LogP) is 1.83. The molecule has 2 fully saturated rings. The molecule has 2 atom stereocenters. The molecule has 6 heteroatoms. The van der Waals surface area contributed by atoms with E-state index in [1.54, 1.807) is 21.9 Å². The fourth-order valence-corrected chi connectivity index (χ4v) is 3.26. The first kappa shape index (κ1) is 16.8. The van der Waals surface area contributed by atoms with Crippen molar-refractivity contribution in [2.75, 3.05) is 31.1 Å². The minimum atomic E-state index is -0.0317. The number of benzene rings is 1. The van der Waals surface area contributed by atoms with Crippen LogP contribution in [0.4, 0.5) is 5.69 Å². The summed E-state index contributed by atoms with van der Waals surface area (Å²) >= 11 is 0. The molecule has 2 aliphatic rings. The van der Waals surface area contributed by atoms with E-state index in [1.807, 2.05) is 26.0 Å². The molecule has 3 rings (SSSR count). The third-order valence-electron chi connectivity index (χ3n) is 4.36. The number of ether oxygens (including phenoxy) is 2. The van der Waals surface area contributed by atoms with Crippen LogP contribution in [0.3, 0.4) is 0 Å². The number of hydrogen-bond donors (Lipinski definition) is 0. The van der Waals surface area contributed by atoms with E-state index >= 15 is 0 Å². The van der Waals surface area contributed by atoms with Crippen molar-refractivity contribution in [2.24, 2.45) is 0 Å². The maximum absolute atomic E-state index is 12.3. The van der Waals surface area contributed by atoms with E-state index in [1.165, 1.54) is 0 Å². The first-order valence-electron chi connectivity index (χ1n) is 8.49. The van der Waals surface area contributed by atoms with E-state index in [0.717, 1.165) is 18.7 Å². The Morgan fingerprint density at radius 1 is 1.21 bits per heavy atom. The van der Waals surface area contributed by atoms with Crippen molar-refractivity contribution in [3.8, 4) is 5.75 Å². The zero-order valence-corrected chi connectivity index (χ0v) is 14.2. The zero-order chi connectivity index (χ0) is 17.1. The largest absolute Gasteiger partial charge is 0.484 e. The maximum Gasteiger partial charge on any atom is 0.260 e. The van der Waals surface area contributed by atoms with Gasteiger partial charge in [0.2, 0.25) is 5.91 Å². The third-order valence-corrected chi connectivity index (χ3v) is 4.36. The molecule has 0 aromatic heterocycles. The van der Waals surface area contributed by atoms with Crippen LogP contribution in [0.5, 0.6) is 5.75 Å². The van der Waals surface area contributed by atoms with Crippen LogP contribution in [0.1, 0.15) is 26.7 Å². The highest BCUT2D eigenvalue weighted by atomic mass is 16.5. The quantitative estimate of drug-likeness (QED) is 0.844. The molecule has 1 aromatic carbocycles. The fraction of sp³-hybridized carbons (Fsp3) is 0.556. The van der Waals surface area contributed by atoms with E-state index in [0.29, 0.717) is 25.3 Å². The number of nitrogens with zero attached hydrogens (tertiary/aromatic N) is 2. The number of carbonyl (C=O) groups excluding carboxylic acids is 2. The number of morpholine rings is 1. The molecule has 0 bridgehead atoms. The molecule has 2 heterocycles. The average Bonchev–Trinajstić information content (AvgIpc) is 2.98. The summed E-state index contributed by atoms with van der Waals surface area (Å²) < 4.78 is 11.2. The average molecular weight is 332 g/mol. The number of amides is 2. The summed E-state index contributed by atoms with van der Waals surface area (Å²) in [5.41, 5.74) is 0.881. The standard InChI is InChI=1S/C18H24N2O4/c1-13-10-19(11-14(2)24-13)18(22)12-23-16-7-5-15(6-8-16)20-9-3-4-17(20)21/h5-8,13-14H,3-4,9-12H2,1-2H3. The Bertz CT molecular complexity index is 592. The van der Waals surface area contributed by atoms with Crippen LogP contribution in [0, 0.1) is 0 Å². The Morgan fingerprint density at radius 3 is 2.46 bits per heavy atom. The van der Waals surface area contributed by atoms with Gasteiger partial charge in [0.25, 0.3) is 5.91 Å². The first-order valence-corrected chi connectivity index (χ1v) is 8.49. The second kappa shape index (κ2) is 7.21. The minimum absolute atomic E-state index is 0.0153. The Kier molecular flexibility index (Phi) is 5.04. The molecule has 2 aliphatic heterocycles. The molecule has 24 heavy (non-hydrogen) atoms. The van der Waals surface area contributed by atoms with Gasteiger partial charge in [-0.1, -0.05) is 0 Å². The second-order valence-electron chi connectivity index (χ2n) is 6.49. The highest BCUT2D eigenvalue weighted by Gasteiger charge is 2.26. The second-order valence-corrected chi connectivity index (χ2v) is 6.49. The van der Waals surface area contributed by atoms with Crippen molar-refractivity contribution in [2.45, 2.75) is 38.9 Å². The van der Waals surface area contributed by atoms with Gasteiger partial charge in [0.1, 0.15) is 5.75 Å². The summed E-state index contributed by atoms with van der Waals surface area (Å²) in [6.07, 6.45) is 1.62. The molecule has 0 radical (unpaired) electrons. The van der Waals surface area contributed by atoms with Gasteiger partial charge in [-0.2, -0.15) is 0 Å². The van der Waals surface area contributed by atoms with Crippen LogP contribution in [-0.2, 0) is 14.3 Å². The molecule has 2 amide bonds. The summed E-state index contributed by atoms with van der Waals surface area (Å²) in [5.74, 6) is 0.762. The predicted molar refractivity (Wildman–Crippen MR) is 90.1 cm³/mol. The van der Waals surface area contributed by atoms with E-state index in [4.69, 9.17) is 9.47 Å². The van der Waals surface area contributed by atoms with Crippen LogP contribution in [-0.4, -0.2) is 55.2 Å². The lowest BCUT2D eigenvalue weighted by Crippen LogP contribution is -2.49. The first-order chi connectivity index (χ1) is 11.5. The van der Waals surface area contributed by atoms with Crippen molar-refractivity contribution in [3.05, 3.63) is 24.3 Å². The van der Waals surface area contributed by atoms with Gasteiger partial charge in [-0.3, -0.25) is 9.59 Å². The van der Waals surface area contributed by atoms with Gasteiger partial charge in [0.15, 0.2) is 6.61 Å². The van der Waals surface area contributed by atoms with E-state index in [9.17, 15) is 9.59 Å². The summed E-state index contributed by atoms with van der Waals surface area (Å²) in [7, 11) is 0. The monoisotopic (exact) mass is 332 g/mol. The fourth-order valence-electron chi connectivity index (χ4n) is 3.26. The number of carbonyl (C=O) groups is 2. The molecule has 0 spiro atoms. The van der Waals surface area contributed by atoms with Crippen LogP contribution in [0.2, 0.25) is 0 Å².